The molecule has 2 aromatic rings. The summed E-state index contributed by atoms with van der Waals surface area (Å²) in [5.41, 5.74) is 6.36. The summed E-state index contributed by atoms with van der Waals surface area (Å²) in [5.74, 6) is 0.865. The number of carbonyl (C=O) groups excluding carboxylic acids is 1. The first-order valence-corrected chi connectivity index (χ1v) is 6.77. The first kappa shape index (κ1) is 14.0. The number of aryl methyl sites for hydroxylation is 1. The number of nitrogen functional groups attached to an aromatic ring is 1. The van der Waals surface area contributed by atoms with Crippen molar-refractivity contribution in [1.29, 1.82) is 5.26 Å². The normalized spacial score (nSPS) is 10.2. The molecule has 7 nitrogen and oxygen atoms in total. The van der Waals surface area contributed by atoms with Crippen LogP contribution < -0.4 is 11.1 Å². The fourth-order valence-corrected chi connectivity index (χ4v) is 2.70. The average molecular weight is 291 g/mol. The zero-order valence-electron chi connectivity index (χ0n) is 11.1. The van der Waals surface area contributed by atoms with Gasteiger partial charge in [0.2, 0.25) is 5.89 Å². The third-order valence-corrected chi connectivity index (χ3v) is 3.81. The monoisotopic (exact) mass is 291 g/mol. The number of nitriles is 1. The lowest BCUT2D eigenvalue weighted by atomic mass is 10.2. The van der Waals surface area contributed by atoms with Gasteiger partial charge in [-0.05, 0) is 0 Å². The van der Waals surface area contributed by atoms with Crippen LogP contribution in [0.5, 0.6) is 0 Å². The minimum Gasteiger partial charge on any atom is -0.396 e. The summed E-state index contributed by atoms with van der Waals surface area (Å²) in [7, 11) is 0. The van der Waals surface area contributed by atoms with E-state index >= 15 is 0 Å². The molecule has 0 saturated heterocycles. The second-order valence-electron chi connectivity index (χ2n) is 4.02. The van der Waals surface area contributed by atoms with Crippen LogP contribution >= 0.6 is 11.3 Å². The van der Waals surface area contributed by atoms with Crippen molar-refractivity contribution in [2.24, 2.45) is 0 Å². The molecule has 0 aromatic carbocycles. The standard InChI is InChI=1S/C12H13N5O2S/c1-3-8(18)11-10(14)7(4-13)12(20-11)15-5-9-16-6(2)19-17-9/h15H,3,5,14H2,1-2H3. The number of nitrogens with two attached hydrogens (primary N) is 1. The number of carbonyl (C=O) groups is 1. The van der Waals surface area contributed by atoms with E-state index in [2.05, 4.69) is 15.5 Å². The van der Waals surface area contributed by atoms with Gasteiger partial charge in [0.1, 0.15) is 16.6 Å². The van der Waals surface area contributed by atoms with E-state index in [4.69, 9.17) is 15.5 Å². The number of anilines is 2. The molecule has 104 valence electrons. The van der Waals surface area contributed by atoms with Gasteiger partial charge in [-0.3, -0.25) is 4.79 Å². The molecule has 2 rings (SSSR count). The maximum Gasteiger partial charge on any atom is 0.223 e. The van der Waals surface area contributed by atoms with Gasteiger partial charge in [-0.2, -0.15) is 10.2 Å². The van der Waals surface area contributed by atoms with E-state index in [1.165, 1.54) is 11.3 Å². The van der Waals surface area contributed by atoms with Gasteiger partial charge in [-0.1, -0.05) is 12.1 Å². The van der Waals surface area contributed by atoms with Crippen LogP contribution in [0.2, 0.25) is 0 Å². The van der Waals surface area contributed by atoms with Crippen molar-refractivity contribution in [2.45, 2.75) is 26.8 Å². The predicted octanol–water partition coefficient (Wildman–Crippen LogP) is 2.10. The first-order valence-electron chi connectivity index (χ1n) is 5.95. The Morgan fingerprint density at radius 3 is 2.90 bits per heavy atom. The highest BCUT2D eigenvalue weighted by atomic mass is 32.1. The van der Waals surface area contributed by atoms with Gasteiger partial charge in [0.15, 0.2) is 11.6 Å². The van der Waals surface area contributed by atoms with Crippen molar-refractivity contribution < 1.29 is 9.32 Å². The zero-order valence-corrected chi connectivity index (χ0v) is 11.9. The lowest BCUT2D eigenvalue weighted by Gasteiger charge is -1.99. The maximum atomic E-state index is 11.7. The Balaban J connectivity index is 2.23. The van der Waals surface area contributed by atoms with Crippen LogP contribution in [-0.4, -0.2) is 15.9 Å². The fraction of sp³-hybridized carbons (Fsp3) is 0.333. The Morgan fingerprint density at radius 1 is 1.60 bits per heavy atom. The third kappa shape index (κ3) is 2.62. The summed E-state index contributed by atoms with van der Waals surface area (Å²) < 4.78 is 4.85. The van der Waals surface area contributed by atoms with Crippen molar-refractivity contribution in [2.75, 3.05) is 11.1 Å². The molecule has 0 aliphatic heterocycles. The second kappa shape index (κ2) is 5.71. The molecule has 0 spiro atoms. The third-order valence-electron chi connectivity index (χ3n) is 2.61. The van der Waals surface area contributed by atoms with E-state index in [1.54, 1.807) is 13.8 Å². The number of aromatic nitrogens is 2. The molecule has 2 aromatic heterocycles. The van der Waals surface area contributed by atoms with E-state index in [-0.39, 0.29) is 17.0 Å². The number of ketones is 1. The molecule has 8 heteroatoms. The van der Waals surface area contributed by atoms with Gasteiger partial charge in [-0.25, -0.2) is 0 Å². The highest BCUT2D eigenvalue weighted by Crippen LogP contribution is 2.36. The van der Waals surface area contributed by atoms with Crippen LogP contribution in [0.3, 0.4) is 0 Å². The SMILES string of the molecule is CCC(=O)c1sc(NCc2noc(C)n2)c(C#N)c1N. The summed E-state index contributed by atoms with van der Waals surface area (Å²) in [5, 5.41) is 16.4. The first-order chi connectivity index (χ1) is 9.56. The van der Waals surface area contributed by atoms with Gasteiger partial charge >= 0.3 is 0 Å². The summed E-state index contributed by atoms with van der Waals surface area (Å²) in [6, 6.07) is 2.01. The van der Waals surface area contributed by atoms with E-state index in [9.17, 15) is 4.79 Å². The zero-order chi connectivity index (χ0) is 14.7. The van der Waals surface area contributed by atoms with E-state index < -0.39 is 0 Å². The summed E-state index contributed by atoms with van der Waals surface area (Å²) >= 11 is 1.18. The molecule has 0 aliphatic rings. The van der Waals surface area contributed by atoms with Crippen molar-refractivity contribution >= 4 is 27.8 Å². The number of Topliss-reactive ketones (excluding diaryl/α,β-unsaturated/α-hetero) is 1. The molecule has 0 aliphatic carbocycles. The topological polar surface area (TPSA) is 118 Å². The molecular formula is C12H13N5O2S. The summed E-state index contributed by atoms with van der Waals surface area (Å²) in [4.78, 5) is 16.2. The Morgan fingerprint density at radius 2 is 2.35 bits per heavy atom. The number of rotatable bonds is 5. The minimum absolute atomic E-state index is 0.0764. The molecule has 20 heavy (non-hydrogen) atoms. The lowest BCUT2D eigenvalue weighted by molar-refractivity contribution is 0.0993. The van der Waals surface area contributed by atoms with Crippen LogP contribution in [0, 0.1) is 18.3 Å². The molecule has 0 amide bonds. The van der Waals surface area contributed by atoms with Crippen molar-refractivity contribution in [1.82, 2.24) is 10.1 Å². The van der Waals surface area contributed by atoms with Crippen molar-refractivity contribution in [3.05, 3.63) is 22.2 Å². The number of nitrogens with zero attached hydrogens (tertiary/aromatic N) is 3. The number of thiophene rings is 1. The van der Waals surface area contributed by atoms with Gasteiger partial charge in [-0.15, -0.1) is 11.3 Å². The Kier molecular flexibility index (Phi) is 4.00. The molecule has 0 fully saturated rings. The summed E-state index contributed by atoms with van der Waals surface area (Å²) in [6.45, 7) is 3.74. The highest BCUT2D eigenvalue weighted by molar-refractivity contribution is 7.19. The largest absolute Gasteiger partial charge is 0.396 e. The molecule has 0 radical (unpaired) electrons. The van der Waals surface area contributed by atoms with Gasteiger partial charge < -0.3 is 15.6 Å². The van der Waals surface area contributed by atoms with Gasteiger partial charge in [0, 0.05) is 13.3 Å². The average Bonchev–Trinajstić information content (AvgIpc) is 2.99. The van der Waals surface area contributed by atoms with Crippen LogP contribution in [0.1, 0.15) is 40.3 Å². The molecular weight excluding hydrogens is 278 g/mol. The Hall–Kier alpha value is -2.40. The van der Waals surface area contributed by atoms with Crippen LogP contribution in [0.4, 0.5) is 10.7 Å². The summed E-state index contributed by atoms with van der Waals surface area (Å²) in [6.07, 6.45) is 0.346. The van der Waals surface area contributed by atoms with E-state index in [1.807, 2.05) is 6.07 Å². The van der Waals surface area contributed by atoms with Crippen LogP contribution in [0.25, 0.3) is 0 Å². The molecule has 0 atom stereocenters. The Bertz CT molecular complexity index is 683. The van der Waals surface area contributed by atoms with Gasteiger partial charge in [0.25, 0.3) is 0 Å². The Labute approximate surface area is 119 Å². The molecule has 0 bridgehead atoms. The maximum absolute atomic E-state index is 11.7. The number of nitrogens with one attached hydrogen (secondary N) is 1. The van der Waals surface area contributed by atoms with Crippen molar-refractivity contribution in [3.8, 4) is 6.07 Å². The fourth-order valence-electron chi connectivity index (χ4n) is 1.62. The molecule has 3 N–H and O–H groups in total. The van der Waals surface area contributed by atoms with Crippen LogP contribution in [-0.2, 0) is 6.54 Å². The highest BCUT2D eigenvalue weighted by Gasteiger charge is 2.20. The smallest absolute Gasteiger partial charge is 0.223 e. The van der Waals surface area contributed by atoms with Crippen molar-refractivity contribution in [3.63, 3.8) is 0 Å². The number of hydrogen-bond donors (Lipinski definition) is 2. The predicted molar refractivity (Wildman–Crippen MR) is 74.4 cm³/mol. The van der Waals surface area contributed by atoms with Crippen LogP contribution in [0.15, 0.2) is 4.52 Å². The molecule has 2 heterocycles. The van der Waals surface area contributed by atoms with E-state index in [0.717, 1.165) is 0 Å². The number of hydrogen-bond acceptors (Lipinski definition) is 8. The minimum atomic E-state index is -0.0764. The molecule has 0 unspecified atom stereocenters. The molecule has 0 saturated carbocycles. The lowest BCUT2D eigenvalue weighted by Crippen LogP contribution is -2.01. The van der Waals surface area contributed by atoms with E-state index in [0.29, 0.717) is 34.6 Å². The van der Waals surface area contributed by atoms with Gasteiger partial charge in [0.05, 0.1) is 17.1 Å². The second-order valence-corrected chi connectivity index (χ2v) is 5.04. The quantitative estimate of drug-likeness (QED) is 0.810.